The van der Waals surface area contributed by atoms with Gasteiger partial charge in [-0.2, -0.15) is 0 Å². The molecule has 18 heavy (non-hydrogen) atoms. The molecule has 94 valence electrons. The molecule has 0 aliphatic carbocycles. The summed E-state index contributed by atoms with van der Waals surface area (Å²) in [4.78, 5) is 4.18. The molecule has 5 heteroatoms. The minimum atomic E-state index is -0.0527. The van der Waals surface area contributed by atoms with Crippen LogP contribution < -0.4 is 11.3 Å². The maximum Gasteiger partial charge on any atom is 0.0738 e. The van der Waals surface area contributed by atoms with Crippen LogP contribution in [0.2, 0.25) is 0 Å². The van der Waals surface area contributed by atoms with Gasteiger partial charge in [-0.25, -0.2) is 5.43 Å². The van der Waals surface area contributed by atoms with Gasteiger partial charge in [0.25, 0.3) is 0 Å². The number of hydrogen-bond acceptors (Lipinski definition) is 3. The van der Waals surface area contributed by atoms with Crippen molar-refractivity contribution in [2.75, 3.05) is 0 Å². The van der Waals surface area contributed by atoms with Crippen molar-refractivity contribution in [1.29, 1.82) is 0 Å². The van der Waals surface area contributed by atoms with Crippen LogP contribution in [0.1, 0.15) is 22.7 Å². The molecule has 0 radical (unpaired) electrons. The third-order valence-electron chi connectivity index (χ3n) is 2.83. The first-order chi connectivity index (χ1) is 8.63. The number of rotatable bonds is 3. The van der Waals surface area contributed by atoms with E-state index in [1.165, 1.54) is 9.13 Å². The van der Waals surface area contributed by atoms with Crippen LogP contribution >= 0.6 is 38.5 Å². The Balaban J connectivity index is 2.52. The summed E-state index contributed by atoms with van der Waals surface area (Å²) in [5.41, 5.74) is 6.28. The molecule has 0 bridgehead atoms. The Labute approximate surface area is 128 Å². The van der Waals surface area contributed by atoms with Crippen LogP contribution in [0.4, 0.5) is 0 Å². The third-order valence-corrected chi connectivity index (χ3v) is 4.30. The van der Waals surface area contributed by atoms with E-state index in [1.807, 2.05) is 18.3 Å². The number of hydrazine groups is 1. The highest BCUT2D eigenvalue weighted by atomic mass is 127. The molecule has 2 aromatic rings. The van der Waals surface area contributed by atoms with Crippen molar-refractivity contribution in [2.45, 2.75) is 13.0 Å². The number of benzene rings is 1. The Hall–Kier alpha value is -0.500. The fourth-order valence-corrected chi connectivity index (χ4v) is 2.89. The van der Waals surface area contributed by atoms with Gasteiger partial charge in [-0.3, -0.25) is 10.8 Å². The molecule has 1 aromatic carbocycles. The van der Waals surface area contributed by atoms with E-state index in [-0.39, 0.29) is 6.04 Å². The Morgan fingerprint density at radius 3 is 2.78 bits per heavy atom. The Bertz CT molecular complexity index is 560. The van der Waals surface area contributed by atoms with Gasteiger partial charge in [0.2, 0.25) is 0 Å². The molecule has 1 aromatic heterocycles. The molecule has 0 saturated heterocycles. The Morgan fingerprint density at radius 2 is 2.11 bits per heavy atom. The summed E-state index contributed by atoms with van der Waals surface area (Å²) >= 11 is 5.81. The first kappa shape index (κ1) is 13.9. The van der Waals surface area contributed by atoms with Crippen LogP contribution in [0.5, 0.6) is 0 Å². The smallest absolute Gasteiger partial charge is 0.0738 e. The highest BCUT2D eigenvalue weighted by Gasteiger charge is 2.17. The van der Waals surface area contributed by atoms with Gasteiger partial charge in [-0.05, 0) is 70.5 Å². The van der Waals surface area contributed by atoms with E-state index in [2.05, 4.69) is 68.0 Å². The van der Waals surface area contributed by atoms with E-state index >= 15 is 0 Å². The molecule has 0 aliphatic rings. The van der Waals surface area contributed by atoms with Crippen molar-refractivity contribution in [3.05, 3.63) is 61.4 Å². The number of pyridine rings is 1. The maximum absolute atomic E-state index is 5.73. The largest absolute Gasteiger partial charge is 0.271 e. The van der Waals surface area contributed by atoms with E-state index in [4.69, 9.17) is 5.84 Å². The number of aryl methyl sites for hydroxylation is 1. The molecule has 0 amide bonds. The average molecular weight is 418 g/mol. The topological polar surface area (TPSA) is 50.9 Å². The molecule has 1 unspecified atom stereocenters. The molecule has 3 nitrogen and oxygen atoms in total. The highest BCUT2D eigenvalue weighted by Crippen LogP contribution is 2.29. The zero-order valence-corrected chi connectivity index (χ0v) is 13.6. The van der Waals surface area contributed by atoms with Crippen LogP contribution in [0.15, 0.2) is 41.1 Å². The number of aromatic nitrogens is 1. The average Bonchev–Trinajstić information content (AvgIpc) is 2.36. The quantitative estimate of drug-likeness (QED) is 0.457. The van der Waals surface area contributed by atoms with Crippen molar-refractivity contribution in [3.8, 4) is 0 Å². The van der Waals surface area contributed by atoms with Crippen LogP contribution in [0.3, 0.4) is 0 Å². The molecule has 0 spiro atoms. The lowest BCUT2D eigenvalue weighted by Gasteiger charge is -2.20. The van der Waals surface area contributed by atoms with Crippen LogP contribution in [0, 0.1) is 10.5 Å². The van der Waals surface area contributed by atoms with E-state index < -0.39 is 0 Å². The number of nitrogens with zero attached hydrogens (tertiary/aromatic N) is 1. The molecule has 0 fully saturated rings. The van der Waals surface area contributed by atoms with E-state index in [0.717, 1.165) is 15.6 Å². The summed E-state index contributed by atoms with van der Waals surface area (Å²) in [5, 5.41) is 0. The van der Waals surface area contributed by atoms with Crippen molar-refractivity contribution in [1.82, 2.24) is 10.4 Å². The number of halogens is 2. The van der Waals surface area contributed by atoms with Gasteiger partial charge in [0, 0.05) is 20.4 Å². The number of hydrogen-bond donors (Lipinski definition) is 2. The normalized spacial score (nSPS) is 12.4. The lowest BCUT2D eigenvalue weighted by Crippen LogP contribution is -2.30. The highest BCUT2D eigenvalue weighted by molar-refractivity contribution is 14.1. The second-order valence-electron chi connectivity index (χ2n) is 4.00. The number of nitrogens with one attached hydrogen (secondary N) is 1. The maximum atomic E-state index is 5.73. The second kappa shape index (κ2) is 6.10. The molecule has 1 atom stereocenters. The van der Waals surface area contributed by atoms with Gasteiger partial charge in [-0.1, -0.05) is 15.9 Å². The fraction of sp³-hybridized carbons (Fsp3) is 0.154. The van der Waals surface area contributed by atoms with E-state index in [1.54, 1.807) is 6.20 Å². The summed E-state index contributed by atoms with van der Waals surface area (Å²) in [6.45, 7) is 2.06. The van der Waals surface area contributed by atoms with Gasteiger partial charge >= 0.3 is 0 Å². The monoisotopic (exact) mass is 417 g/mol. The molecule has 0 saturated carbocycles. The second-order valence-corrected chi connectivity index (χ2v) is 6.08. The fourth-order valence-electron chi connectivity index (χ4n) is 1.86. The molecular weight excluding hydrogens is 405 g/mol. The predicted molar refractivity (Wildman–Crippen MR) is 85.0 cm³/mol. The van der Waals surface area contributed by atoms with E-state index in [9.17, 15) is 0 Å². The summed E-state index contributed by atoms with van der Waals surface area (Å²) in [5.74, 6) is 5.73. The van der Waals surface area contributed by atoms with Gasteiger partial charge in [0.15, 0.2) is 0 Å². The van der Waals surface area contributed by atoms with Crippen molar-refractivity contribution < 1.29 is 0 Å². The van der Waals surface area contributed by atoms with Gasteiger partial charge in [-0.15, -0.1) is 0 Å². The van der Waals surface area contributed by atoms with Gasteiger partial charge in [0.05, 0.1) is 6.04 Å². The molecule has 1 heterocycles. The lowest BCUT2D eigenvalue weighted by atomic mass is 9.97. The summed E-state index contributed by atoms with van der Waals surface area (Å²) < 4.78 is 2.21. The summed E-state index contributed by atoms with van der Waals surface area (Å²) in [6, 6.07) is 8.11. The van der Waals surface area contributed by atoms with Crippen LogP contribution in [-0.4, -0.2) is 4.98 Å². The summed E-state index contributed by atoms with van der Waals surface area (Å²) in [7, 11) is 0. The predicted octanol–water partition coefficient (Wildman–Crippen LogP) is 3.31. The third kappa shape index (κ3) is 2.90. The minimum absolute atomic E-state index is 0.0527. The van der Waals surface area contributed by atoms with E-state index in [0.29, 0.717) is 0 Å². The zero-order chi connectivity index (χ0) is 13.1. The van der Waals surface area contributed by atoms with Crippen molar-refractivity contribution >= 4 is 38.5 Å². The Morgan fingerprint density at radius 1 is 1.33 bits per heavy atom. The van der Waals surface area contributed by atoms with Crippen LogP contribution in [-0.2, 0) is 0 Å². The zero-order valence-electron chi connectivity index (χ0n) is 9.82. The first-order valence-electron chi connectivity index (χ1n) is 5.45. The Kier molecular flexibility index (Phi) is 4.71. The number of nitrogens with two attached hydrogens (primary N) is 1. The molecular formula is C13H13BrIN3. The SMILES string of the molecule is Cc1ccncc1C(NN)c1cc(Br)ccc1I. The van der Waals surface area contributed by atoms with Gasteiger partial charge in [0.1, 0.15) is 0 Å². The van der Waals surface area contributed by atoms with Crippen molar-refractivity contribution in [3.63, 3.8) is 0 Å². The molecule has 2 rings (SSSR count). The standard InChI is InChI=1S/C13H13BrIN3/c1-8-4-5-17-7-11(8)13(18-16)10-6-9(14)2-3-12(10)15/h2-7,13,18H,16H2,1H3. The lowest BCUT2D eigenvalue weighted by molar-refractivity contribution is 0.628. The van der Waals surface area contributed by atoms with Gasteiger partial charge < -0.3 is 0 Å². The van der Waals surface area contributed by atoms with Crippen molar-refractivity contribution in [2.24, 2.45) is 5.84 Å². The summed E-state index contributed by atoms with van der Waals surface area (Å²) in [6.07, 6.45) is 3.65. The van der Waals surface area contributed by atoms with Crippen LogP contribution in [0.25, 0.3) is 0 Å². The molecule has 3 N–H and O–H groups in total. The first-order valence-corrected chi connectivity index (χ1v) is 7.32. The minimum Gasteiger partial charge on any atom is -0.271 e. The molecule has 0 aliphatic heterocycles.